The second-order valence-corrected chi connectivity index (χ2v) is 3.58. The fourth-order valence-electron chi connectivity index (χ4n) is 1.02. The van der Waals surface area contributed by atoms with Crippen LogP contribution in [0.25, 0.3) is 0 Å². The van der Waals surface area contributed by atoms with Gasteiger partial charge in [0.15, 0.2) is 11.5 Å². The lowest BCUT2D eigenvalue weighted by molar-refractivity contribution is -0.132. The predicted octanol–water partition coefficient (Wildman–Crippen LogP) is 2.64. The predicted molar refractivity (Wildman–Crippen MR) is 84.2 cm³/mol. The number of phenols is 1. The number of carboxylic acid groups (broad SMARTS) is 2. The molecule has 0 atom stereocenters. The van der Waals surface area contributed by atoms with E-state index in [4.69, 9.17) is 14.9 Å². The highest BCUT2D eigenvalue weighted by atomic mass is 16.5. The van der Waals surface area contributed by atoms with Gasteiger partial charge in [0.05, 0.1) is 7.11 Å². The van der Waals surface area contributed by atoms with Crippen LogP contribution in [0.5, 0.6) is 11.5 Å². The summed E-state index contributed by atoms with van der Waals surface area (Å²) in [5, 5.41) is 24.5. The van der Waals surface area contributed by atoms with Gasteiger partial charge in [-0.05, 0) is 24.1 Å². The first-order chi connectivity index (χ1) is 10.3. The number of hydrogen-bond donors (Lipinski definition) is 3. The summed E-state index contributed by atoms with van der Waals surface area (Å²) in [6.07, 6.45) is 4.27. The van der Waals surface area contributed by atoms with Crippen molar-refractivity contribution in [2.45, 2.75) is 6.42 Å². The largest absolute Gasteiger partial charge is 0.504 e. The number of phenolic OH excluding ortho intramolecular Hbond substituents is 1. The van der Waals surface area contributed by atoms with Gasteiger partial charge in [-0.2, -0.15) is 0 Å². The molecule has 120 valence electrons. The zero-order chi connectivity index (χ0) is 17.5. The summed E-state index contributed by atoms with van der Waals surface area (Å²) in [5.41, 5.74) is 1.08. The number of aromatic hydroxyl groups is 1. The summed E-state index contributed by atoms with van der Waals surface area (Å²) in [7, 11) is 1.53. The molecule has 0 fully saturated rings. The van der Waals surface area contributed by atoms with Crippen LogP contribution in [-0.4, -0.2) is 34.4 Å². The second kappa shape index (κ2) is 13.0. The zero-order valence-corrected chi connectivity index (χ0v) is 12.4. The highest BCUT2D eigenvalue weighted by Gasteiger charge is 2.00. The number of carboxylic acids is 2. The first kappa shape index (κ1) is 21.3. The Morgan fingerprint density at radius 1 is 1.14 bits per heavy atom. The minimum absolute atomic E-state index is 0.172. The molecule has 0 aliphatic rings. The monoisotopic (exact) mass is 308 g/mol. The Balaban J connectivity index is 0. The van der Waals surface area contributed by atoms with Crippen LogP contribution in [0.2, 0.25) is 0 Å². The molecule has 0 saturated heterocycles. The van der Waals surface area contributed by atoms with E-state index in [1.807, 2.05) is 12.1 Å². The minimum Gasteiger partial charge on any atom is -0.504 e. The van der Waals surface area contributed by atoms with Crippen molar-refractivity contribution in [1.29, 1.82) is 0 Å². The summed E-state index contributed by atoms with van der Waals surface area (Å²) in [6, 6.07) is 5.27. The second-order valence-electron chi connectivity index (χ2n) is 3.58. The highest BCUT2D eigenvalue weighted by molar-refractivity contribution is 5.79. The quantitative estimate of drug-likeness (QED) is 0.570. The molecule has 0 spiro atoms. The van der Waals surface area contributed by atoms with Crippen LogP contribution in [0, 0.1) is 0 Å². The summed E-state index contributed by atoms with van der Waals surface area (Å²) in [6.45, 7) is 9.55. The lowest BCUT2D eigenvalue weighted by Gasteiger charge is -2.04. The van der Waals surface area contributed by atoms with E-state index in [1.165, 1.54) is 7.11 Å². The zero-order valence-electron chi connectivity index (χ0n) is 12.4. The molecule has 0 aliphatic heterocycles. The molecule has 0 unspecified atom stereocenters. The van der Waals surface area contributed by atoms with Gasteiger partial charge in [-0.15, -0.1) is 6.58 Å². The van der Waals surface area contributed by atoms with E-state index in [0.29, 0.717) is 5.75 Å². The minimum atomic E-state index is -0.981. The molecule has 6 heteroatoms. The van der Waals surface area contributed by atoms with Crippen LogP contribution >= 0.6 is 0 Å². The summed E-state index contributed by atoms with van der Waals surface area (Å²) < 4.78 is 4.95. The van der Waals surface area contributed by atoms with Gasteiger partial charge in [0.1, 0.15) is 0 Å². The summed E-state index contributed by atoms with van der Waals surface area (Å²) in [4.78, 5) is 18.5. The lowest BCUT2D eigenvalue weighted by Crippen LogP contribution is -1.86. The van der Waals surface area contributed by atoms with Crippen molar-refractivity contribution >= 4 is 11.9 Å². The molecule has 1 aromatic rings. The smallest absolute Gasteiger partial charge is 0.327 e. The Morgan fingerprint density at radius 3 is 1.91 bits per heavy atom. The molecule has 0 heterocycles. The first-order valence-corrected chi connectivity index (χ1v) is 5.99. The highest BCUT2D eigenvalue weighted by Crippen LogP contribution is 2.26. The molecule has 0 radical (unpaired) electrons. The lowest BCUT2D eigenvalue weighted by atomic mass is 10.1. The van der Waals surface area contributed by atoms with Gasteiger partial charge in [-0.3, -0.25) is 0 Å². The van der Waals surface area contributed by atoms with Crippen LogP contribution in [0.3, 0.4) is 0 Å². The van der Waals surface area contributed by atoms with E-state index in [2.05, 4.69) is 19.7 Å². The van der Waals surface area contributed by atoms with Gasteiger partial charge in [0.2, 0.25) is 0 Å². The van der Waals surface area contributed by atoms with Crippen LogP contribution in [0.1, 0.15) is 5.56 Å². The summed E-state index contributed by atoms with van der Waals surface area (Å²) >= 11 is 0. The maximum Gasteiger partial charge on any atom is 0.327 e. The Morgan fingerprint density at radius 2 is 1.59 bits per heavy atom. The number of aliphatic carboxylic acids is 2. The third kappa shape index (κ3) is 12.0. The van der Waals surface area contributed by atoms with Crippen LogP contribution < -0.4 is 4.74 Å². The van der Waals surface area contributed by atoms with E-state index in [9.17, 15) is 14.7 Å². The molecule has 0 aromatic heterocycles. The van der Waals surface area contributed by atoms with Gasteiger partial charge in [0, 0.05) is 12.2 Å². The molecule has 3 N–H and O–H groups in total. The maximum atomic E-state index is 9.25. The fourth-order valence-corrected chi connectivity index (χ4v) is 1.02. The number of ether oxygens (including phenoxy) is 1. The number of rotatable bonds is 5. The maximum absolute atomic E-state index is 9.25. The van der Waals surface area contributed by atoms with Crippen molar-refractivity contribution in [3.05, 3.63) is 61.7 Å². The molecule has 0 saturated carbocycles. The summed E-state index contributed by atoms with van der Waals surface area (Å²) in [5.74, 6) is -1.28. The molecular formula is C16H20O6. The van der Waals surface area contributed by atoms with Crippen LogP contribution in [0.4, 0.5) is 0 Å². The Labute approximate surface area is 129 Å². The molecule has 6 nitrogen and oxygen atoms in total. The van der Waals surface area contributed by atoms with Gasteiger partial charge < -0.3 is 20.1 Å². The Bertz CT molecular complexity index is 501. The van der Waals surface area contributed by atoms with E-state index in [1.54, 1.807) is 12.1 Å². The van der Waals surface area contributed by atoms with Gasteiger partial charge in [-0.25, -0.2) is 9.59 Å². The van der Waals surface area contributed by atoms with Gasteiger partial charge in [-0.1, -0.05) is 25.3 Å². The van der Waals surface area contributed by atoms with E-state index >= 15 is 0 Å². The van der Waals surface area contributed by atoms with Crippen molar-refractivity contribution in [2.75, 3.05) is 7.11 Å². The third-order valence-electron chi connectivity index (χ3n) is 1.97. The molecule has 1 rings (SSSR count). The van der Waals surface area contributed by atoms with Crippen molar-refractivity contribution in [3.63, 3.8) is 0 Å². The molecule has 0 amide bonds. The Kier molecular flexibility index (Phi) is 12.6. The van der Waals surface area contributed by atoms with Gasteiger partial charge >= 0.3 is 11.9 Å². The van der Waals surface area contributed by atoms with Crippen LogP contribution in [0.15, 0.2) is 56.2 Å². The van der Waals surface area contributed by atoms with Crippen molar-refractivity contribution in [3.8, 4) is 11.5 Å². The third-order valence-corrected chi connectivity index (χ3v) is 1.97. The van der Waals surface area contributed by atoms with Crippen molar-refractivity contribution in [1.82, 2.24) is 0 Å². The molecule has 0 aliphatic carbocycles. The number of carbonyl (C=O) groups is 2. The standard InChI is InChI=1S/C10H12O2.2C3H4O2/c1-3-4-8-5-6-9(11)10(7-8)12-2;2*1-2-3(4)5/h3,5-7,11H,1,4H2,2H3;2*2H,1H2,(H,4,5). The number of hydrogen-bond acceptors (Lipinski definition) is 4. The van der Waals surface area contributed by atoms with E-state index in [-0.39, 0.29) is 5.75 Å². The topological polar surface area (TPSA) is 104 Å². The number of allylic oxidation sites excluding steroid dienone is 1. The molecule has 1 aromatic carbocycles. The van der Waals surface area contributed by atoms with E-state index in [0.717, 1.165) is 24.1 Å². The molecular weight excluding hydrogens is 288 g/mol. The number of methoxy groups -OCH3 is 1. The van der Waals surface area contributed by atoms with E-state index < -0.39 is 11.9 Å². The van der Waals surface area contributed by atoms with Crippen molar-refractivity contribution in [2.24, 2.45) is 0 Å². The van der Waals surface area contributed by atoms with Gasteiger partial charge in [0.25, 0.3) is 0 Å². The molecule has 0 bridgehead atoms. The average molecular weight is 308 g/mol. The normalized spacial score (nSPS) is 8.05. The fraction of sp³-hybridized carbons (Fsp3) is 0.125. The Hall–Kier alpha value is -3.02. The van der Waals surface area contributed by atoms with Crippen LogP contribution in [-0.2, 0) is 16.0 Å². The molecule has 22 heavy (non-hydrogen) atoms. The number of benzene rings is 1. The first-order valence-electron chi connectivity index (χ1n) is 5.99. The SMILES string of the molecule is C=CC(=O)O.C=CC(=O)O.C=CCc1ccc(O)c(OC)c1. The average Bonchev–Trinajstić information content (AvgIpc) is 2.50. The van der Waals surface area contributed by atoms with Crippen molar-refractivity contribution < 1.29 is 29.6 Å².